The molecule has 2 heterocycles. The number of aryl methyl sites for hydroxylation is 2. The first-order valence-corrected chi connectivity index (χ1v) is 16.3. The van der Waals surface area contributed by atoms with Gasteiger partial charge in [0.2, 0.25) is 5.13 Å². The van der Waals surface area contributed by atoms with Crippen LogP contribution in [0.4, 0.5) is 5.13 Å². The summed E-state index contributed by atoms with van der Waals surface area (Å²) in [6.07, 6.45) is 0. The first kappa shape index (κ1) is 30.6. The number of benzene rings is 4. The van der Waals surface area contributed by atoms with Crippen LogP contribution in [0, 0.1) is 13.8 Å². The van der Waals surface area contributed by atoms with Gasteiger partial charge in [-0.25, -0.2) is 0 Å². The third kappa shape index (κ3) is 6.66. The van der Waals surface area contributed by atoms with E-state index in [1.165, 1.54) is 28.0 Å². The molecule has 4 aromatic carbocycles. The second-order valence-corrected chi connectivity index (χ2v) is 13.2. The summed E-state index contributed by atoms with van der Waals surface area (Å²) in [4.78, 5) is 28.7. The Kier molecular flexibility index (Phi) is 9.02. The average Bonchev–Trinajstić information content (AvgIpc) is 3.63. The second kappa shape index (κ2) is 13.3. The summed E-state index contributed by atoms with van der Waals surface area (Å²) in [6.45, 7) is 4.16. The topological polar surface area (TPSA) is 92.6 Å². The van der Waals surface area contributed by atoms with Crippen LogP contribution in [0.15, 0.2) is 107 Å². The highest BCUT2D eigenvalue weighted by atomic mass is 35.5. The largest absolute Gasteiger partial charge is 0.507 e. The molecule has 6 rings (SSSR count). The molecule has 0 saturated carbocycles. The lowest BCUT2D eigenvalue weighted by Crippen LogP contribution is -2.29. The van der Waals surface area contributed by atoms with E-state index in [4.69, 9.17) is 16.3 Å². The highest BCUT2D eigenvalue weighted by Gasteiger charge is 2.48. The first-order chi connectivity index (χ1) is 21.8. The number of aliphatic hydroxyl groups is 1. The van der Waals surface area contributed by atoms with Gasteiger partial charge >= 0.3 is 5.91 Å². The number of carbonyl (C=O) groups is 2. The molecule has 10 heteroatoms. The van der Waals surface area contributed by atoms with Crippen LogP contribution >= 0.6 is 34.7 Å². The Morgan fingerprint density at radius 2 is 1.67 bits per heavy atom. The van der Waals surface area contributed by atoms with Crippen LogP contribution in [0.2, 0.25) is 5.02 Å². The standard InChI is InChI=1S/C35H28ClN3O4S2/c1-21-8-9-22(2)28(18-21)31(40)29-30(25-12-16-27(17-13-25)43-19-23-6-4-3-5-7-23)39(33(42)32(29)41)34-37-38-35(45-34)44-20-24-10-14-26(36)15-11-24/h3-18,30,40H,19-20H2,1-2H3. The summed E-state index contributed by atoms with van der Waals surface area (Å²) in [5.74, 6) is -0.528. The molecular formula is C35H28ClN3O4S2. The molecule has 7 nitrogen and oxygen atoms in total. The fraction of sp³-hybridized carbons (Fsp3) is 0.143. The van der Waals surface area contributed by atoms with Gasteiger partial charge < -0.3 is 9.84 Å². The Morgan fingerprint density at radius 3 is 2.40 bits per heavy atom. The van der Waals surface area contributed by atoms with E-state index in [-0.39, 0.29) is 16.5 Å². The third-order valence-corrected chi connectivity index (χ3v) is 9.79. The Labute approximate surface area is 274 Å². The van der Waals surface area contributed by atoms with Gasteiger partial charge in [0, 0.05) is 16.3 Å². The van der Waals surface area contributed by atoms with Crippen LogP contribution in [0.5, 0.6) is 5.75 Å². The number of hydrogen-bond donors (Lipinski definition) is 1. The number of thioether (sulfide) groups is 1. The van der Waals surface area contributed by atoms with Crippen molar-refractivity contribution < 1.29 is 19.4 Å². The average molecular weight is 654 g/mol. The molecule has 226 valence electrons. The lowest BCUT2D eigenvalue weighted by Gasteiger charge is -2.23. The lowest BCUT2D eigenvalue weighted by atomic mass is 9.93. The minimum Gasteiger partial charge on any atom is -0.507 e. The van der Waals surface area contributed by atoms with Crippen LogP contribution in [0.3, 0.4) is 0 Å². The maximum Gasteiger partial charge on any atom is 0.301 e. The number of aliphatic hydroxyl groups excluding tert-OH is 1. The van der Waals surface area contributed by atoms with E-state index < -0.39 is 17.7 Å². The molecule has 1 saturated heterocycles. The molecular weight excluding hydrogens is 626 g/mol. The predicted molar refractivity (Wildman–Crippen MR) is 179 cm³/mol. The molecule has 0 aliphatic carbocycles. The van der Waals surface area contributed by atoms with E-state index in [0.29, 0.717) is 38.6 Å². The Balaban J connectivity index is 1.35. The van der Waals surface area contributed by atoms with Crippen LogP contribution in [-0.2, 0) is 21.9 Å². The van der Waals surface area contributed by atoms with Crippen molar-refractivity contribution in [1.82, 2.24) is 10.2 Å². The van der Waals surface area contributed by atoms with Crippen LogP contribution < -0.4 is 9.64 Å². The molecule has 1 fully saturated rings. The van der Waals surface area contributed by atoms with Crippen molar-refractivity contribution >= 4 is 57.3 Å². The number of aromatic nitrogens is 2. The molecule has 0 bridgehead atoms. The number of Topliss-reactive ketones (excluding diaryl/α,β-unsaturated/α-hetero) is 1. The zero-order chi connectivity index (χ0) is 31.5. The van der Waals surface area contributed by atoms with Crippen molar-refractivity contribution in [3.05, 3.63) is 141 Å². The fourth-order valence-electron chi connectivity index (χ4n) is 5.05. The zero-order valence-electron chi connectivity index (χ0n) is 24.4. The number of nitrogens with zero attached hydrogens (tertiary/aromatic N) is 3. The van der Waals surface area contributed by atoms with Crippen LogP contribution in [0.1, 0.15) is 39.4 Å². The van der Waals surface area contributed by atoms with E-state index in [1.807, 2.05) is 86.6 Å². The minimum atomic E-state index is -0.921. The Bertz CT molecular complexity index is 1890. The summed E-state index contributed by atoms with van der Waals surface area (Å²) in [6, 6.07) is 29.3. The zero-order valence-corrected chi connectivity index (χ0v) is 26.8. The maximum absolute atomic E-state index is 13.7. The number of halogens is 1. The summed E-state index contributed by atoms with van der Waals surface area (Å²) < 4.78 is 6.61. The molecule has 1 aromatic heterocycles. The molecule has 1 N–H and O–H groups in total. The molecule has 1 atom stereocenters. The van der Waals surface area contributed by atoms with E-state index >= 15 is 0 Å². The van der Waals surface area contributed by atoms with Crippen molar-refractivity contribution in [1.29, 1.82) is 0 Å². The first-order valence-electron chi connectivity index (χ1n) is 14.1. The van der Waals surface area contributed by atoms with Gasteiger partial charge in [0.05, 0.1) is 11.6 Å². The van der Waals surface area contributed by atoms with E-state index in [2.05, 4.69) is 10.2 Å². The van der Waals surface area contributed by atoms with Crippen molar-refractivity contribution in [2.24, 2.45) is 0 Å². The quantitative estimate of drug-likeness (QED) is 0.0562. The van der Waals surface area contributed by atoms with Crippen molar-refractivity contribution in [2.75, 3.05) is 4.90 Å². The maximum atomic E-state index is 13.7. The summed E-state index contributed by atoms with van der Waals surface area (Å²) >= 11 is 8.70. The van der Waals surface area contributed by atoms with Gasteiger partial charge in [-0.05, 0) is 66.4 Å². The number of hydrogen-bond acceptors (Lipinski definition) is 8. The second-order valence-electron chi connectivity index (χ2n) is 10.6. The van der Waals surface area contributed by atoms with Gasteiger partial charge in [-0.2, -0.15) is 0 Å². The molecule has 1 aliphatic heterocycles. The molecule has 1 aliphatic rings. The highest BCUT2D eigenvalue weighted by Crippen LogP contribution is 2.44. The van der Waals surface area contributed by atoms with Gasteiger partial charge in [0.15, 0.2) is 4.34 Å². The fourth-order valence-corrected chi connectivity index (χ4v) is 7.00. The number of ether oxygens (including phenoxy) is 1. The highest BCUT2D eigenvalue weighted by molar-refractivity contribution is 8.00. The smallest absolute Gasteiger partial charge is 0.301 e. The van der Waals surface area contributed by atoms with Gasteiger partial charge in [-0.15, -0.1) is 10.2 Å². The van der Waals surface area contributed by atoms with Gasteiger partial charge in [-0.3, -0.25) is 14.5 Å². The van der Waals surface area contributed by atoms with E-state index in [0.717, 1.165) is 22.3 Å². The Hall–Kier alpha value is -4.44. The number of ketones is 1. The number of anilines is 1. The molecule has 0 radical (unpaired) electrons. The minimum absolute atomic E-state index is 0.00257. The molecule has 0 spiro atoms. The summed E-state index contributed by atoms with van der Waals surface area (Å²) in [5.41, 5.74) is 4.91. The van der Waals surface area contributed by atoms with Crippen molar-refractivity contribution in [2.45, 2.75) is 36.6 Å². The number of amides is 1. The predicted octanol–water partition coefficient (Wildman–Crippen LogP) is 8.31. The molecule has 5 aromatic rings. The van der Waals surface area contributed by atoms with Gasteiger partial charge in [0.25, 0.3) is 5.78 Å². The summed E-state index contributed by atoms with van der Waals surface area (Å²) in [7, 11) is 0. The van der Waals surface area contributed by atoms with Gasteiger partial charge in [-0.1, -0.05) is 107 Å². The van der Waals surface area contributed by atoms with E-state index in [1.54, 1.807) is 24.3 Å². The summed E-state index contributed by atoms with van der Waals surface area (Å²) in [5, 5.41) is 21.2. The lowest BCUT2D eigenvalue weighted by molar-refractivity contribution is -0.132. The molecule has 1 unspecified atom stereocenters. The Morgan fingerprint density at radius 1 is 0.933 bits per heavy atom. The SMILES string of the molecule is Cc1ccc(C)c(C(O)=C2C(=O)C(=O)N(c3nnc(SCc4ccc(Cl)cc4)s3)C2c2ccc(OCc3ccccc3)cc2)c1. The normalized spacial score (nSPS) is 15.9. The van der Waals surface area contributed by atoms with E-state index in [9.17, 15) is 14.7 Å². The number of rotatable bonds is 9. The monoisotopic (exact) mass is 653 g/mol. The van der Waals surface area contributed by atoms with Gasteiger partial charge in [0.1, 0.15) is 18.1 Å². The molecule has 1 amide bonds. The third-order valence-electron chi connectivity index (χ3n) is 7.41. The number of carbonyl (C=O) groups excluding carboxylic acids is 2. The van der Waals surface area contributed by atoms with Crippen LogP contribution in [0.25, 0.3) is 5.76 Å². The van der Waals surface area contributed by atoms with Crippen molar-refractivity contribution in [3.63, 3.8) is 0 Å². The van der Waals surface area contributed by atoms with Crippen LogP contribution in [-0.4, -0.2) is 27.0 Å². The van der Waals surface area contributed by atoms with Crippen molar-refractivity contribution in [3.8, 4) is 5.75 Å². The molecule has 45 heavy (non-hydrogen) atoms.